The van der Waals surface area contributed by atoms with Crippen molar-refractivity contribution in [1.82, 2.24) is 0 Å². The molecule has 6 nitrogen and oxygen atoms in total. The molecule has 0 radical (unpaired) electrons. The van der Waals surface area contributed by atoms with E-state index in [0.29, 0.717) is 11.3 Å². The summed E-state index contributed by atoms with van der Waals surface area (Å²) in [5, 5.41) is 1.37. The molecule has 0 atom stereocenters. The van der Waals surface area contributed by atoms with Crippen molar-refractivity contribution < 1.29 is 18.0 Å². The Balaban J connectivity index is 2.59. The number of benzene rings is 1. The summed E-state index contributed by atoms with van der Waals surface area (Å²) in [5.74, 6) is -0.629. The highest BCUT2D eigenvalue weighted by molar-refractivity contribution is 8.05. The van der Waals surface area contributed by atoms with E-state index in [9.17, 15) is 18.0 Å². The van der Waals surface area contributed by atoms with Gasteiger partial charge in [0.05, 0.1) is 5.69 Å². The summed E-state index contributed by atoms with van der Waals surface area (Å²) >= 11 is 0. The van der Waals surface area contributed by atoms with E-state index in [1.165, 1.54) is 0 Å². The Morgan fingerprint density at radius 3 is 2.59 bits per heavy atom. The molecule has 1 aliphatic rings. The summed E-state index contributed by atoms with van der Waals surface area (Å²) in [4.78, 5) is 22.4. The van der Waals surface area contributed by atoms with Gasteiger partial charge in [-0.2, -0.15) is 12.8 Å². The van der Waals surface area contributed by atoms with E-state index in [-0.39, 0.29) is 5.71 Å². The van der Waals surface area contributed by atoms with Crippen LogP contribution in [-0.4, -0.2) is 25.2 Å². The lowest BCUT2D eigenvalue weighted by molar-refractivity contribution is -0.110. The molecule has 7 heteroatoms. The van der Waals surface area contributed by atoms with Gasteiger partial charge in [-0.05, 0) is 6.07 Å². The highest BCUT2D eigenvalue weighted by atomic mass is 32.2. The van der Waals surface area contributed by atoms with Crippen LogP contribution in [0.25, 0.3) is 0 Å². The van der Waals surface area contributed by atoms with E-state index in [4.69, 9.17) is 0 Å². The Labute approximate surface area is 97.4 Å². The first-order valence-electron chi connectivity index (χ1n) is 4.68. The first-order valence-corrected chi connectivity index (χ1v) is 6.12. The predicted octanol–water partition coefficient (Wildman–Crippen LogP) is 0.304. The van der Waals surface area contributed by atoms with Crippen LogP contribution >= 0.6 is 0 Å². The minimum Gasteiger partial charge on any atom is -0.320 e. The molecule has 0 aliphatic carbocycles. The van der Waals surface area contributed by atoms with Crippen molar-refractivity contribution in [2.24, 2.45) is 4.40 Å². The maximum atomic E-state index is 11.5. The average Bonchev–Trinajstić information content (AvgIpc) is 2.55. The van der Waals surface area contributed by atoms with Crippen molar-refractivity contribution in [3.63, 3.8) is 0 Å². The largest absolute Gasteiger partial charge is 0.320 e. The van der Waals surface area contributed by atoms with Gasteiger partial charge in [-0.15, -0.1) is 0 Å². The minimum atomic E-state index is -4.27. The number of hydrogen-bond donors (Lipinski definition) is 1. The number of hydrogen-bond acceptors (Lipinski definition) is 4. The van der Waals surface area contributed by atoms with Crippen LogP contribution in [0.5, 0.6) is 0 Å². The molecule has 88 valence electrons. The van der Waals surface area contributed by atoms with Gasteiger partial charge in [0.2, 0.25) is 0 Å². The molecule has 0 unspecified atom stereocenters. The maximum absolute atomic E-state index is 11.5. The quantitative estimate of drug-likeness (QED) is 0.778. The highest BCUT2D eigenvalue weighted by Crippen LogP contribution is 2.23. The van der Waals surface area contributed by atoms with Crippen molar-refractivity contribution in [3.05, 3.63) is 29.8 Å². The zero-order chi connectivity index (χ0) is 12.6. The molecule has 0 fully saturated rings. The fourth-order valence-electron chi connectivity index (χ4n) is 1.38. The monoisotopic (exact) mass is 252 g/mol. The molecule has 0 bridgehead atoms. The van der Waals surface area contributed by atoms with Gasteiger partial charge in [-0.3, -0.25) is 9.59 Å². The SMILES string of the molecule is CC(=O)S(=O)(=O)/N=C1/C(=O)Nc2ccccc21. The fraction of sp³-hybridized carbons (Fsp3) is 0.100. The summed E-state index contributed by atoms with van der Waals surface area (Å²) < 4.78 is 25.9. The number of carbonyl (C=O) groups is 2. The van der Waals surface area contributed by atoms with E-state index in [0.717, 1.165) is 6.92 Å². The van der Waals surface area contributed by atoms with Crippen molar-refractivity contribution in [2.45, 2.75) is 6.92 Å². The van der Waals surface area contributed by atoms with E-state index < -0.39 is 21.0 Å². The van der Waals surface area contributed by atoms with E-state index in [1.54, 1.807) is 24.3 Å². The summed E-state index contributed by atoms with van der Waals surface area (Å²) in [7, 11) is -4.27. The standard InChI is InChI=1S/C10H8N2O4S/c1-6(13)17(15,16)12-9-7-4-2-3-5-8(7)11-10(9)14/h2-5H,1H3,(H,11,12,14). The lowest BCUT2D eigenvalue weighted by atomic mass is 10.1. The topological polar surface area (TPSA) is 92.7 Å². The van der Waals surface area contributed by atoms with Gasteiger partial charge in [-0.1, -0.05) is 18.2 Å². The van der Waals surface area contributed by atoms with Crippen LogP contribution in [0.1, 0.15) is 12.5 Å². The van der Waals surface area contributed by atoms with Crippen LogP contribution in [0.4, 0.5) is 5.69 Å². The fourth-order valence-corrected chi connectivity index (χ4v) is 1.93. The molecule has 1 N–H and O–H groups in total. The molecule has 1 aromatic carbocycles. The molecule has 1 amide bonds. The van der Waals surface area contributed by atoms with Gasteiger partial charge < -0.3 is 5.32 Å². The maximum Gasteiger partial charge on any atom is 0.316 e. The Morgan fingerprint density at radius 1 is 1.29 bits per heavy atom. The van der Waals surface area contributed by atoms with Crippen LogP contribution in [-0.2, 0) is 19.6 Å². The number of para-hydroxylation sites is 1. The molecule has 0 saturated heterocycles. The number of nitrogens with one attached hydrogen (secondary N) is 1. The number of fused-ring (bicyclic) bond motifs is 1. The Bertz CT molecular complexity index is 646. The Morgan fingerprint density at radius 2 is 1.94 bits per heavy atom. The summed E-state index contributed by atoms with van der Waals surface area (Å²) in [6, 6.07) is 6.52. The van der Waals surface area contributed by atoms with Crippen LogP contribution in [0.3, 0.4) is 0 Å². The number of carbonyl (C=O) groups excluding carboxylic acids is 2. The summed E-state index contributed by atoms with van der Waals surface area (Å²) in [5.41, 5.74) is 0.605. The van der Waals surface area contributed by atoms with Crippen molar-refractivity contribution in [1.29, 1.82) is 0 Å². The van der Waals surface area contributed by atoms with Gasteiger partial charge in [0.15, 0.2) is 5.71 Å². The smallest absolute Gasteiger partial charge is 0.316 e. The lowest BCUT2D eigenvalue weighted by Gasteiger charge is -1.96. The van der Waals surface area contributed by atoms with Crippen LogP contribution < -0.4 is 5.32 Å². The molecular formula is C10H8N2O4S. The number of sulfonamides is 1. The second kappa shape index (κ2) is 3.77. The molecule has 1 aromatic rings. The van der Waals surface area contributed by atoms with Crippen molar-refractivity contribution in [3.8, 4) is 0 Å². The molecule has 0 aromatic heterocycles. The zero-order valence-corrected chi connectivity index (χ0v) is 9.61. The molecule has 1 aliphatic heterocycles. The van der Waals surface area contributed by atoms with E-state index in [2.05, 4.69) is 9.71 Å². The van der Waals surface area contributed by atoms with Gasteiger partial charge in [0.25, 0.3) is 11.0 Å². The Kier molecular flexibility index (Phi) is 2.55. The third-order valence-corrected chi connectivity index (χ3v) is 3.37. The Hall–Kier alpha value is -2.02. The molecule has 2 rings (SSSR count). The zero-order valence-electron chi connectivity index (χ0n) is 8.80. The summed E-state index contributed by atoms with van der Waals surface area (Å²) in [6.45, 7) is 0.887. The first kappa shape index (κ1) is 11.5. The number of rotatable bonds is 1. The predicted molar refractivity (Wildman–Crippen MR) is 61.2 cm³/mol. The van der Waals surface area contributed by atoms with Gasteiger partial charge in [-0.25, -0.2) is 0 Å². The van der Waals surface area contributed by atoms with E-state index >= 15 is 0 Å². The van der Waals surface area contributed by atoms with Gasteiger partial charge in [0, 0.05) is 12.5 Å². The minimum absolute atomic E-state index is 0.254. The number of amides is 1. The third kappa shape index (κ3) is 1.96. The van der Waals surface area contributed by atoms with Crippen molar-refractivity contribution >= 4 is 32.4 Å². The van der Waals surface area contributed by atoms with Crippen molar-refractivity contribution in [2.75, 3.05) is 5.32 Å². The second-order valence-corrected chi connectivity index (χ2v) is 5.11. The summed E-state index contributed by atoms with van der Waals surface area (Å²) in [6.07, 6.45) is 0. The lowest BCUT2D eigenvalue weighted by Crippen LogP contribution is -2.18. The van der Waals surface area contributed by atoms with Crippen LogP contribution in [0, 0.1) is 0 Å². The third-order valence-electron chi connectivity index (χ3n) is 2.22. The normalized spacial score (nSPS) is 16.8. The van der Waals surface area contributed by atoms with E-state index in [1.807, 2.05) is 0 Å². The van der Waals surface area contributed by atoms with Gasteiger partial charge in [0.1, 0.15) is 0 Å². The molecule has 1 heterocycles. The van der Waals surface area contributed by atoms with Gasteiger partial charge >= 0.3 is 10.0 Å². The van der Waals surface area contributed by atoms with Crippen LogP contribution in [0.15, 0.2) is 28.7 Å². The second-order valence-electron chi connectivity index (χ2n) is 3.41. The van der Waals surface area contributed by atoms with Crippen LogP contribution in [0.2, 0.25) is 0 Å². The first-order chi connectivity index (χ1) is 7.92. The highest BCUT2D eigenvalue weighted by Gasteiger charge is 2.29. The molecule has 0 saturated carbocycles. The molecule has 17 heavy (non-hydrogen) atoms. The number of anilines is 1. The molecule has 0 spiro atoms. The number of nitrogens with zero attached hydrogens (tertiary/aromatic N) is 1. The molecular weight excluding hydrogens is 244 g/mol. The average molecular weight is 252 g/mol.